The first-order chi connectivity index (χ1) is 17.4. The fourth-order valence-corrected chi connectivity index (χ4v) is 5.60. The molecule has 4 aromatic heterocycles. The lowest BCUT2D eigenvalue weighted by Crippen LogP contribution is -1.98. The molecule has 0 aliphatic heterocycles. The molecule has 4 nitrogen and oxygen atoms in total. The van der Waals surface area contributed by atoms with Crippen LogP contribution in [0.3, 0.4) is 0 Å². The molecule has 8 aromatic rings. The second-order valence-electron chi connectivity index (χ2n) is 8.95. The van der Waals surface area contributed by atoms with Crippen molar-refractivity contribution in [1.29, 1.82) is 0 Å². The first-order valence-electron chi connectivity index (χ1n) is 11.7. The lowest BCUT2D eigenvalue weighted by molar-refractivity contribution is 1.08. The molecule has 0 aliphatic rings. The lowest BCUT2D eigenvalue weighted by atomic mass is 9.92. The highest BCUT2D eigenvalue weighted by atomic mass is 15.1. The average Bonchev–Trinajstić information content (AvgIpc) is 3.26. The second kappa shape index (κ2) is 6.84. The molecule has 0 unspecified atom stereocenters. The number of hydrogen-bond donors (Lipinski definition) is 0. The SMILES string of the molecule is c1cc(-c2ccncc2)nc(-n2c3cccnc3c3c4ccc5cccc6ccc(cc32)c4c65)c1. The molecular weight excluding hydrogens is 428 g/mol. The molecule has 0 saturated heterocycles. The van der Waals surface area contributed by atoms with Gasteiger partial charge in [-0.25, -0.2) is 4.98 Å². The predicted octanol–water partition coefficient (Wildman–Crippen LogP) is 7.53. The van der Waals surface area contributed by atoms with Gasteiger partial charge >= 0.3 is 0 Å². The molecule has 0 aliphatic carbocycles. The summed E-state index contributed by atoms with van der Waals surface area (Å²) in [5.74, 6) is 0.875. The Hall–Kier alpha value is -4.83. The molecule has 0 fully saturated rings. The van der Waals surface area contributed by atoms with E-state index in [-0.39, 0.29) is 0 Å². The van der Waals surface area contributed by atoms with E-state index in [1.54, 1.807) is 12.4 Å². The minimum Gasteiger partial charge on any atom is -0.292 e. The van der Waals surface area contributed by atoms with Gasteiger partial charge in [0, 0.05) is 29.5 Å². The van der Waals surface area contributed by atoms with Crippen molar-refractivity contribution in [3.63, 3.8) is 0 Å². The summed E-state index contributed by atoms with van der Waals surface area (Å²) in [7, 11) is 0. The molecule has 0 atom stereocenters. The summed E-state index contributed by atoms with van der Waals surface area (Å²) >= 11 is 0. The lowest BCUT2D eigenvalue weighted by Gasteiger charge is -2.13. The Kier molecular flexibility index (Phi) is 3.63. The molecule has 4 heteroatoms. The van der Waals surface area contributed by atoms with Gasteiger partial charge in [0.05, 0.1) is 22.2 Å². The quantitative estimate of drug-likeness (QED) is 0.258. The van der Waals surface area contributed by atoms with E-state index >= 15 is 0 Å². The van der Waals surface area contributed by atoms with Gasteiger partial charge in [0.25, 0.3) is 0 Å². The maximum Gasteiger partial charge on any atom is 0.138 e. The minimum atomic E-state index is 0.875. The number of nitrogens with zero attached hydrogens (tertiary/aromatic N) is 4. The van der Waals surface area contributed by atoms with Gasteiger partial charge < -0.3 is 0 Å². The van der Waals surface area contributed by atoms with E-state index in [0.29, 0.717) is 0 Å². The molecule has 0 saturated carbocycles. The maximum atomic E-state index is 5.07. The van der Waals surface area contributed by atoms with E-state index in [1.165, 1.54) is 37.7 Å². The van der Waals surface area contributed by atoms with Crippen molar-refractivity contribution in [2.24, 2.45) is 0 Å². The van der Waals surface area contributed by atoms with Gasteiger partial charge in [0.1, 0.15) is 5.82 Å². The summed E-state index contributed by atoms with van der Waals surface area (Å²) in [5.41, 5.74) is 5.13. The van der Waals surface area contributed by atoms with Crippen LogP contribution in [-0.2, 0) is 0 Å². The molecule has 0 spiro atoms. The Balaban J connectivity index is 1.54. The molecule has 162 valence electrons. The minimum absolute atomic E-state index is 0.875. The largest absolute Gasteiger partial charge is 0.292 e. The van der Waals surface area contributed by atoms with Crippen molar-refractivity contribution in [2.75, 3.05) is 0 Å². The molecule has 35 heavy (non-hydrogen) atoms. The molecule has 8 rings (SSSR count). The summed E-state index contributed by atoms with van der Waals surface area (Å²) < 4.78 is 2.25. The Morgan fingerprint density at radius 3 is 2.26 bits per heavy atom. The van der Waals surface area contributed by atoms with Crippen LogP contribution in [0, 0.1) is 0 Å². The third-order valence-electron chi connectivity index (χ3n) is 7.07. The number of benzene rings is 4. The zero-order valence-corrected chi connectivity index (χ0v) is 18.7. The van der Waals surface area contributed by atoms with Gasteiger partial charge in [0.2, 0.25) is 0 Å². The fourth-order valence-electron chi connectivity index (χ4n) is 5.60. The highest BCUT2D eigenvalue weighted by Crippen LogP contribution is 2.42. The smallest absolute Gasteiger partial charge is 0.138 e. The summed E-state index contributed by atoms with van der Waals surface area (Å²) in [6.07, 6.45) is 5.48. The number of aromatic nitrogens is 4. The van der Waals surface area contributed by atoms with Crippen LogP contribution in [0.1, 0.15) is 0 Å². The van der Waals surface area contributed by atoms with Crippen molar-refractivity contribution in [1.82, 2.24) is 19.5 Å². The zero-order chi connectivity index (χ0) is 22.9. The van der Waals surface area contributed by atoms with Crippen LogP contribution in [0.5, 0.6) is 0 Å². The Bertz CT molecular complexity index is 2040. The standard InChI is InChI=1S/C31H18N4/c1-4-20-9-10-22-18-26-30(23-12-11-21(5-1)28(20)29(22)23)31-25(7-3-15-33-31)35(26)27-8-2-6-24(34-27)19-13-16-32-17-14-19/h1-18H. The van der Waals surface area contributed by atoms with Gasteiger partial charge in [-0.05, 0) is 74.8 Å². The van der Waals surface area contributed by atoms with Gasteiger partial charge in [0.15, 0.2) is 0 Å². The summed E-state index contributed by atoms with van der Waals surface area (Å²) in [4.78, 5) is 14.1. The van der Waals surface area contributed by atoms with E-state index in [1.807, 2.05) is 30.5 Å². The van der Waals surface area contributed by atoms with Crippen LogP contribution < -0.4 is 0 Å². The van der Waals surface area contributed by atoms with Crippen LogP contribution in [-0.4, -0.2) is 19.5 Å². The summed E-state index contributed by atoms with van der Waals surface area (Å²) in [6.45, 7) is 0. The fraction of sp³-hybridized carbons (Fsp3) is 0. The molecule has 4 heterocycles. The molecule has 0 radical (unpaired) electrons. The Labute approximate surface area is 200 Å². The normalized spacial score (nSPS) is 12.0. The highest BCUT2D eigenvalue weighted by molar-refractivity contribution is 6.32. The van der Waals surface area contributed by atoms with Gasteiger partial charge in [-0.15, -0.1) is 0 Å². The molecule has 4 aromatic carbocycles. The van der Waals surface area contributed by atoms with E-state index < -0.39 is 0 Å². The van der Waals surface area contributed by atoms with Crippen molar-refractivity contribution in [3.05, 3.63) is 110 Å². The maximum absolute atomic E-state index is 5.07. The molecule has 0 amide bonds. The van der Waals surface area contributed by atoms with Crippen molar-refractivity contribution < 1.29 is 0 Å². The van der Waals surface area contributed by atoms with Crippen molar-refractivity contribution in [3.8, 4) is 17.1 Å². The van der Waals surface area contributed by atoms with Crippen molar-refractivity contribution in [2.45, 2.75) is 0 Å². The number of hydrogen-bond acceptors (Lipinski definition) is 3. The third-order valence-corrected chi connectivity index (χ3v) is 7.07. The van der Waals surface area contributed by atoms with E-state index in [2.05, 4.69) is 76.3 Å². The van der Waals surface area contributed by atoms with Gasteiger partial charge in [-0.1, -0.05) is 48.5 Å². The number of fused-ring (bicyclic) bond motifs is 4. The van der Waals surface area contributed by atoms with E-state index in [0.717, 1.165) is 33.6 Å². The van der Waals surface area contributed by atoms with Crippen LogP contribution >= 0.6 is 0 Å². The Morgan fingerprint density at radius 2 is 1.37 bits per heavy atom. The molecule has 0 bridgehead atoms. The highest BCUT2D eigenvalue weighted by Gasteiger charge is 2.19. The van der Waals surface area contributed by atoms with E-state index in [4.69, 9.17) is 9.97 Å². The van der Waals surface area contributed by atoms with Gasteiger partial charge in [-0.2, -0.15) is 0 Å². The van der Waals surface area contributed by atoms with Crippen LogP contribution in [0.4, 0.5) is 0 Å². The summed E-state index contributed by atoms with van der Waals surface area (Å²) in [6, 6.07) is 32.1. The van der Waals surface area contributed by atoms with Crippen molar-refractivity contribution >= 4 is 54.3 Å². The monoisotopic (exact) mass is 446 g/mol. The second-order valence-corrected chi connectivity index (χ2v) is 8.95. The van der Waals surface area contributed by atoms with Crippen LogP contribution in [0.2, 0.25) is 0 Å². The topological polar surface area (TPSA) is 43.6 Å². The molecular formula is C31H18N4. The zero-order valence-electron chi connectivity index (χ0n) is 18.7. The Morgan fingerprint density at radius 1 is 0.571 bits per heavy atom. The van der Waals surface area contributed by atoms with Crippen LogP contribution in [0.15, 0.2) is 110 Å². The van der Waals surface area contributed by atoms with Crippen LogP contribution in [0.25, 0.3) is 71.3 Å². The number of pyridine rings is 3. The molecule has 0 N–H and O–H groups in total. The van der Waals surface area contributed by atoms with E-state index in [9.17, 15) is 0 Å². The van der Waals surface area contributed by atoms with Gasteiger partial charge in [-0.3, -0.25) is 14.5 Å². The average molecular weight is 447 g/mol. The summed E-state index contributed by atoms with van der Waals surface area (Å²) in [5, 5.41) is 8.78. The first-order valence-corrected chi connectivity index (χ1v) is 11.7. The number of rotatable bonds is 2. The third kappa shape index (κ3) is 2.53. The first kappa shape index (κ1) is 18.6. The predicted molar refractivity (Wildman–Crippen MR) is 143 cm³/mol.